The summed E-state index contributed by atoms with van der Waals surface area (Å²) < 4.78 is 5.35. The molecule has 0 radical (unpaired) electrons. The molecule has 0 spiro atoms. The maximum absolute atomic E-state index is 11.7. The van der Waals surface area contributed by atoms with Gasteiger partial charge in [0.2, 0.25) is 0 Å². The van der Waals surface area contributed by atoms with Crippen LogP contribution >= 0.6 is 0 Å². The molecule has 1 aliphatic heterocycles. The van der Waals surface area contributed by atoms with E-state index in [1.807, 2.05) is 13.8 Å². The van der Waals surface area contributed by atoms with Gasteiger partial charge in [-0.2, -0.15) is 0 Å². The van der Waals surface area contributed by atoms with Crippen molar-refractivity contribution in [2.75, 3.05) is 0 Å². The second-order valence-electron chi connectivity index (χ2n) is 6.98. The molecule has 19 heavy (non-hydrogen) atoms. The molecule has 106 valence electrons. The molecular weight excluding hydrogens is 244 g/mol. The number of carbonyl (C=O) groups is 1. The van der Waals surface area contributed by atoms with Crippen LogP contribution in [0.15, 0.2) is 12.2 Å². The SMILES string of the molecule is C=C1C(=O)OC2CC(C)(O)C3CCC(C)(O)C3CC12. The number of aliphatic hydroxyl groups is 2. The molecule has 2 saturated carbocycles. The third-order valence-corrected chi connectivity index (χ3v) is 5.58. The van der Waals surface area contributed by atoms with Crippen molar-refractivity contribution in [2.24, 2.45) is 17.8 Å². The fourth-order valence-corrected chi connectivity index (χ4v) is 4.41. The molecule has 3 rings (SSSR count). The first-order valence-corrected chi connectivity index (χ1v) is 7.07. The van der Waals surface area contributed by atoms with Gasteiger partial charge in [-0.25, -0.2) is 4.79 Å². The van der Waals surface area contributed by atoms with Gasteiger partial charge in [-0.15, -0.1) is 0 Å². The van der Waals surface area contributed by atoms with Crippen molar-refractivity contribution < 1.29 is 19.7 Å². The van der Waals surface area contributed by atoms with Crippen molar-refractivity contribution in [2.45, 2.75) is 56.8 Å². The Morgan fingerprint density at radius 2 is 1.95 bits per heavy atom. The summed E-state index contributed by atoms with van der Waals surface area (Å²) in [5.41, 5.74) is -1.16. The first-order valence-electron chi connectivity index (χ1n) is 7.07. The van der Waals surface area contributed by atoms with Crippen LogP contribution in [-0.4, -0.2) is 33.5 Å². The minimum atomic E-state index is -0.893. The zero-order valence-corrected chi connectivity index (χ0v) is 11.6. The van der Waals surface area contributed by atoms with Crippen LogP contribution < -0.4 is 0 Å². The molecule has 3 aliphatic rings. The lowest BCUT2D eigenvalue weighted by Crippen LogP contribution is -2.41. The summed E-state index contributed by atoms with van der Waals surface area (Å²) in [6.07, 6.45) is 2.38. The Morgan fingerprint density at radius 1 is 1.26 bits per heavy atom. The molecule has 0 aromatic rings. The molecule has 0 aromatic heterocycles. The summed E-state index contributed by atoms with van der Waals surface area (Å²) >= 11 is 0. The van der Waals surface area contributed by atoms with Crippen molar-refractivity contribution in [3.8, 4) is 0 Å². The van der Waals surface area contributed by atoms with Crippen LogP contribution in [0.5, 0.6) is 0 Å². The second kappa shape index (κ2) is 3.83. The van der Waals surface area contributed by atoms with Gasteiger partial charge in [0.25, 0.3) is 0 Å². The smallest absolute Gasteiger partial charge is 0.334 e. The van der Waals surface area contributed by atoms with Crippen molar-refractivity contribution in [3.05, 3.63) is 12.2 Å². The van der Waals surface area contributed by atoms with E-state index in [0.29, 0.717) is 24.8 Å². The molecule has 4 nitrogen and oxygen atoms in total. The van der Waals surface area contributed by atoms with Crippen LogP contribution in [0.2, 0.25) is 0 Å². The molecular formula is C15H22O4. The summed E-state index contributed by atoms with van der Waals surface area (Å²) in [5.74, 6) is -0.330. The molecule has 3 fully saturated rings. The first-order chi connectivity index (χ1) is 8.72. The van der Waals surface area contributed by atoms with Gasteiger partial charge in [0.1, 0.15) is 6.10 Å². The van der Waals surface area contributed by atoms with Gasteiger partial charge in [-0.05, 0) is 44.9 Å². The van der Waals surface area contributed by atoms with Crippen LogP contribution in [0.25, 0.3) is 0 Å². The van der Waals surface area contributed by atoms with E-state index in [0.717, 1.165) is 6.42 Å². The molecule has 6 unspecified atom stereocenters. The van der Waals surface area contributed by atoms with Crippen LogP contribution in [-0.2, 0) is 9.53 Å². The van der Waals surface area contributed by atoms with Crippen molar-refractivity contribution in [3.63, 3.8) is 0 Å². The topological polar surface area (TPSA) is 66.8 Å². The van der Waals surface area contributed by atoms with Gasteiger partial charge >= 0.3 is 5.97 Å². The highest BCUT2D eigenvalue weighted by molar-refractivity contribution is 5.90. The van der Waals surface area contributed by atoms with Gasteiger partial charge < -0.3 is 14.9 Å². The zero-order chi connectivity index (χ0) is 14.0. The summed E-state index contributed by atoms with van der Waals surface area (Å²) in [6.45, 7) is 7.48. The first kappa shape index (κ1) is 13.1. The van der Waals surface area contributed by atoms with Gasteiger partial charge in [0.05, 0.1) is 11.2 Å². The summed E-state index contributed by atoms with van der Waals surface area (Å²) in [5, 5.41) is 21.3. The highest BCUT2D eigenvalue weighted by Crippen LogP contribution is 2.54. The molecule has 4 heteroatoms. The number of fused-ring (bicyclic) bond motifs is 2. The lowest BCUT2D eigenvalue weighted by Gasteiger charge is -2.35. The number of esters is 1. The van der Waals surface area contributed by atoms with Crippen LogP contribution in [0.3, 0.4) is 0 Å². The van der Waals surface area contributed by atoms with E-state index in [4.69, 9.17) is 4.74 Å². The number of hydrogen-bond donors (Lipinski definition) is 2. The molecule has 0 bridgehead atoms. The number of rotatable bonds is 0. The quantitative estimate of drug-likeness (QED) is 0.514. The number of hydrogen-bond acceptors (Lipinski definition) is 4. The predicted octanol–water partition coefficient (Wildman–Crippen LogP) is 1.41. The summed E-state index contributed by atoms with van der Waals surface area (Å²) in [6, 6.07) is 0. The third kappa shape index (κ3) is 1.84. The molecule has 0 aromatic carbocycles. The Balaban J connectivity index is 1.98. The van der Waals surface area contributed by atoms with E-state index < -0.39 is 11.2 Å². The highest BCUT2D eigenvalue weighted by atomic mass is 16.6. The largest absolute Gasteiger partial charge is 0.458 e. The number of ether oxygens (including phenoxy) is 1. The Labute approximate surface area is 113 Å². The van der Waals surface area contributed by atoms with Gasteiger partial charge in [-0.1, -0.05) is 6.58 Å². The van der Waals surface area contributed by atoms with Crippen molar-refractivity contribution >= 4 is 5.97 Å². The highest BCUT2D eigenvalue weighted by Gasteiger charge is 2.57. The van der Waals surface area contributed by atoms with E-state index >= 15 is 0 Å². The zero-order valence-electron chi connectivity index (χ0n) is 11.6. The normalized spacial score (nSPS) is 53.5. The van der Waals surface area contributed by atoms with Gasteiger partial charge in [0.15, 0.2) is 0 Å². The summed E-state index contributed by atoms with van der Waals surface area (Å²) in [4.78, 5) is 11.7. The fourth-order valence-electron chi connectivity index (χ4n) is 4.41. The maximum atomic E-state index is 11.7. The average molecular weight is 266 g/mol. The van der Waals surface area contributed by atoms with Gasteiger partial charge in [-0.3, -0.25) is 0 Å². The van der Waals surface area contributed by atoms with Crippen molar-refractivity contribution in [1.29, 1.82) is 0 Å². The average Bonchev–Trinajstić information content (AvgIpc) is 2.66. The molecule has 1 saturated heterocycles. The minimum Gasteiger partial charge on any atom is -0.458 e. The summed E-state index contributed by atoms with van der Waals surface area (Å²) in [7, 11) is 0. The Hall–Kier alpha value is -0.870. The number of carbonyl (C=O) groups excluding carboxylic acids is 1. The Bertz CT molecular complexity index is 437. The van der Waals surface area contributed by atoms with E-state index in [-0.39, 0.29) is 29.8 Å². The lowest BCUT2D eigenvalue weighted by atomic mass is 9.76. The van der Waals surface area contributed by atoms with Crippen molar-refractivity contribution in [1.82, 2.24) is 0 Å². The lowest BCUT2D eigenvalue weighted by molar-refractivity contribution is -0.142. The van der Waals surface area contributed by atoms with E-state index in [2.05, 4.69) is 6.58 Å². The third-order valence-electron chi connectivity index (χ3n) is 5.58. The Kier molecular flexibility index (Phi) is 2.64. The monoisotopic (exact) mass is 266 g/mol. The van der Waals surface area contributed by atoms with E-state index in [1.165, 1.54) is 0 Å². The molecule has 2 aliphatic carbocycles. The standard InChI is InChI=1S/C15H22O4/c1-8-9-6-11-10(4-5-14(11,2)17)15(3,18)7-12(9)19-13(8)16/h9-12,17-18H,1,4-7H2,2-3H3. The fraction of sp³-hybridized carbons (Fsp3) is 0.800. The van der Waals surface area contributed by atoms with E-state index in [9.17, 15) is 15.0 Å². The molecule has 0 amide bonds. The van der Waals surface area contributed by atoms with Crippen LogP contribution in [0, 0.1) is 17.8 Å². The maximum Gasteiger partial charge on any atom is 0.334 e. The minimum absolute atomic E-state index is 0.00347. The Morgan fingerprint density at radius 3 is 2.63 bits per heavy atom. The van der Waals surface area contributed by atoms with Crippen LogP contribution in [0.4, 0.5) is 0 Å². The van der Waals surface area contributed by atoms with Crippen LogP contribution in [0.1, 0.15) is 39.5 Å². The second-order valence-corrected chi connectivity index (χ2v) is 6.98. The predicted molar refractivity (Wildman–Crippen MR) is 69.2 cm³/mol. The molecule has 1 heterocycles. The van der Waals surface area contributed by atoms with E-state index in [1.54, 1.807) is 0 Å². The molecule has 2 N–H and O–H groups in total. The molecule has 6 atom stereocenters. The van der Waals surface area contributed by atoms with Gasteiger partial charge in [0, 0.05) is 17.9 Å².